The number of anilines is 1. The quantitative estimate of drug-likeness (QED) is 0.746. The summed E-state index contributed by atoms with van der Waals surface area (Å²) in [5.74, 6) is 0.838. The van der Waals surface area contributed by atoms with Gasteiger partial charge in [-0.15, -0.1) is 0 Å². The van der Waals surface area contributed by atoms with Gasteiger partial charge in [0.15, 0.2) is 0 Å². The first kappa shape index (κ1) is 9.99. The molecule has 13 heavy (non-hydrogen) atoms. The minimum Gasteiger partial charge on any atom is -0.388 e. The second-order valence-corrected chi connectivity index (χ2v) is 3.05. The molecule has 0 aliphatic carbocycles. The van der Waals surface area contributed by atoms with Crippen LogP contribution in [-0.4, -0.2) is 17.1 Å². The molecule has 0 saturated carbocycles. The average Bonchev–Trinajstić information content (AvgIpc) is 2.16. The second kappa shape index (κ2) is 4.23. The van der Waals surface area contributed by atoms with E-state index in [9.17, 15) is 5.11 Å². The minimum absolute atomic E-state index is 0.390. The van der Waals surface area contributed by atoms with Crippen LogP contribution in [0.1, 0.15) is 30.7 Å². The van der Waals surface area contributed by atoms with Gasteiger partial charge in [-0.2, -0.15) is 0 Å². The number of rotatable bonds is 3. The van der Waals surface area contributed by atoms with Crippen molar-refractivity contribution in [2.45, 2.75) is 26.4 Å². The zero-order valence-corrected chi connectivity index (χ0v) is 8.33. The minimum atomic E-state index is -0.390. The van der Waals surface area contributed by atoms with Gasteiger partial charge in [0.05, 0.1) is 6.10 Å². The maximum absolute atomic E-state index is 9.61. The molecular weight excluding hydrogens is 164 g/mol. The van der Waals surface area contributed by atoms with Gasteiger partial charge in [-0.1, -0.05) is 13.0 Å². The number of hydrogen-bond donors (Lipinski definition) is 2. The van der Waals surface area contributed by atoms with Crippen molar-refractivity contribution >= 4 is 5.82 Å². The van der Waals surface area contributed by atoms with Gasteiger partial charge in [-0.3, -0.25) is 0 Å². The van der Waals surface area contributed by atoms with Crippen molar-refractivity contribution in [2.24, 2.45) is 0 Å². The summed E-state index contributed by atoms with van der Waals surface area (Å²) in [6.07, 6.45) is 0.333. The van der Waals surface area contributed by atoms with Crippen LogP contribution in [0.3, 0.4) is 0 Å². The summed E-state index contributed by atoms with van der Waals surface area (Å²) >= 11 is 0. The fraction of sp³-hybridized carbons (Fsp3) is 0.500. The number of aliphatic hydroxyl groups excluding tert-OH is 1. The fourth-order valence-corrected chi connectivity index (χ4v) is 1.28. The van der Waals surface area contributed by atoms with Crippen LogP contribution in [0.25, 0.3) is 0 Å². The number of aliphatic hydroxyl groups is 1. The molecule has 2 N–H and O–H groups in total. The maximum atomic E-state index is 9.61. The van der Waals surface area contributed by atoms with Gasteiger partial charge >= 0.3 is 0 Å². The molecule has 1 atom stereocenters. The lowest BCUT2D eigenvalue weighted by atomic mass is 10.1. The van der Waals surface area contributed by atoms with E-state index in [1.807, 2.05) is 33.0 Å². The van der Waals surface area contributed by atoms with Gasteiger partial charge < -0.3 is 10.4 Å². The number of nitrogens with one attached hydrogen (secondary N) is 1. The van der Waals surface area contributed by atoms with E-state index in [0.29, 0.717) is 0 Å². The highest BCUT2D eigenvalue weighted by molar-refractivity contribution is 5.38. The van der Waals surface area contributed by atoms with Crippen molar-refractivity contribution in [1.29, 1.82) is 0 Å². The molecule has 1 rings (SSSR count). The lowest BCUT2D eigenvalue weighted by Gasteiger charge is -2.11. The molecule has 1 unspecified atom stereocenters. The van der Waals surface area contributed by atoms with Crippen molar-refractivity contribution in [1.82, 2.24) is 4.98 Å². The zero-order chi connectivity index (χ0) is 9.84. The van der Waals surface area contributed by atoms with Crippen molar-refractivity contribution in [2.75, 3.05) is 12.4 Å². The highest BCUT2D eigenvalue weighted by atomic mass is 16.3. The Morgan fingerprint density at radius 1 is 1.54 bits per heavy atom. The smallest absolute Gasteiger partial charge is 0.125 e. The Labute approximate surface area is 78.8 Å². The first-order chi connectivity index (χ1) is 6.19. The summed E-state index contributed by atoms with van der Waals surface area (Å²) < 4.78 is 0. The molecule has 0 spiro atoms. The van der Waals surface area contributed by atoms with Gasteiger partial charge in [0.1, 0.15) is 5.82 Å². The van der Waals surface area contributed by atoms with Crippen LogP contribution >= 0.6 is 0 Å². The third kappa shape index (κ3) is 2.18. The Hall–Kier alpha value is -1.09. The van der Waals surface area contributed by atoms with Crippen molar-refractivity contribution in [3.63, 3.8) is 0 Å². The van der Waals surface area contributed by atoms with E-state index in [1.54, 1.807) is 0 Å². The largest absolute Gasteiger partial charge is 0.388 e. The summed E-state index contributed by atoms with van der Waals surface area (Å²) in [5.41, 5.74) is 1.81. The average molecular weight is 180 g/mol. The van der Waals surface area contributed by atoms with Gasteiger partial charge in [0.25, 0.3) is 0 Å². The first-order valence-corrected chi connectivity index (χ1v) is 4.52. The van der Waals surface area contributed by atoms with Crippen LogP contribution in [0.4, 0.5) is 5.82 Å². The highest BCUT2D eigenvalue weighted by Gasteiger charge is 2.08. The van der Waals surface area contributed by atoms with E-state index in [2.05, 4.69) is 10.3 Å². The van der Waals surface area contributed by atoms with E-state index in [0.717, 1.165) is 23.5 Å². The predicted molar refractivity (Wildman–Crippen MR) is 53.8 cm³/mol. The Morgan fingerprint density at radius 2 is 2.23 bits per heavy atom. The third-order valence-corrected chi connectivity index (χ3v) is 2.13. The molecule has 0 aliphatic rings. The normalized spacial score (nSPS) is 12.6. The maximum Gasteiger partial charge on any atom is 0.125 e. The molecule has 72 valence electrons. The molecule has 0 bridgehead atoms. The fourth-order valence-electron chi connectivity index (χ4n) is 1.28. The van der Waals surface area contributed by atoms with E-state index >= 15 is 0 Å². The summed E-state index contributed by atoms with van der Waals surface area (Å²) in [5, 5.41) is 12.6. The van der Waals surface area contributed by atoms with Crippen LogP contribution in [-0.2, 0) is 0 Å². The number of aromatic nitrogens is 1. The van der Waals surface area contributed by atoms with Gasteiger partial charge in [-0.05, 0) is 19.4 Å². The molecule has 3 heteroatoms. The molecule has 0 radical (unpaired) electrons. The number of pyridine rings is 1. The van der Waals surface area contributed by atoms with E-state index in [-0.39, 0.29) is 0 Å². The van der Waals surface area contributed by atoms with Crippen LogP contribution < -0.4 is 5.32 Å². The first-order valence-electron chi connectivity index (χ1n) is 4.52. The molecule has 1 aromatic heterocycles. The zero-order valence-electron chi connectivity index (χ0n) is 8.33. The Morgan fingerprint density at radius 3 is 2.69 bits per heavy atom. The van der Waals surface area contributed by atoms with Gasteiger partial charge in [0.2, 0.25) is 0 Å². The molecule has 1 heterocycles. The monoisotopic (exact) mass is 180 g/mol. The molecule has 0 aromatic carbocycles. The van der Waals surface area contributed by atoms with Crippen molar-refractivity contribution < 1.29 is 5.11 Å². The second-order valence-electron chi connectivity index (χ2n) is 3.05. The molecule has 0 fully saturated rings. The predicted octanol–water partition coefficient (Wildman–Crippen LogP) is 1.88. The SMILES string of the molecule is CCC(O)c1ccc(NC)nc1C. The standard InChI is InChI=1S/C10H16N2O/c1-4-9(13)8-5-6-10(11-3)12-7(8)2/h5-6,9,13H,4H2,1-3H3,(H,11,12). The summed E-state index contributed by atoms with van der Waals surface area (Å²) in [6, 6.07) is 3.80. The highest BCUT2D eigenvalue weighted by Crippen LogP contribution is 2.20. The Kier molecular flexibility index (Phi) is 3.25. The summed E-state index contributed by atoms with van der Waals surface area (Å²) in [4.78, 5) is 4.29. The number of nitrogens with zero attached hydrogens (tertiary/aromatic N) is 1. The van der Waals surface area contributed by atoms with E-state index < -0.39 is 6.10 Å². The van der Waals surface area contributed by atoms with E-state index in [4.69, 9.17) is 0 Å². The van der Waals surface area contributed by atoms with Crippen LogP contribution in [0, 0.1) is 6.92 Å². The van der Waals surface area contributed by atoms with Crippen molar-refractivity contribution in [3.8, 4) is 0 Å². The van der Waals surface area contributed by atoms with Gasteiger partial charge in [0, 0.05) is 18.3 Å². The molecule has 0 saturated heterocycles. The molecular formula is C10H16N2O. The van der Waals surface area contributed by atoms with E-state index in [1.165, 1.54) is 0 Å². The molecule has 0 aliphatic heterocycles. The number of aryl methyl sites for hydroxylation is 1. The topological polar surface area (TPSA) is 45.1 Å². The Balaban J connectivity index is 2.98. The summed E-state index contributed by atoms with van der Waals surface area (Å²) in [7, 11) is 1.83. The third-order valence-electron chi connectivity index (χ3n) is 2.13. The molecule has 3 nitrogen and oxygen atoms in total. The van der Waals surface area contributed by atoms with Crippen LogP contribution in [0.5, 0.6) is 0 Å². The summed E-state index contributed by atoms with van der Waals surface area (Å²) in [6.45, 7) is 3.87. The van der Waals surface area contributed by atoms with Crippen molar-refractivity contribution in [3.05, 3.63) is 23.4 Å². The van der Waals surface area contributed by atoms with Crippen LogP contribution in [0.15, 0.2) is 12.1 Å². The molecule has 1 aromatic rings. The van der Waals surface area contributed by atoms with Gasteiger partial charge in [-0.25, -0.2) is 4.98 Å². The molecule has 0 amide bonds. The Bertz CT molecular complexity index is 286. The number of hydrogen-bond acceptors (Lipinski definition) is 3. The van der Waals surface area contributed by atoms with Crippen LogP contribution in [0.2, 0.25) is 0 Å². The lowest BCUT2D eigenvalue weighted by molar-refractivity contribution is 0.172. The lowest BCUT2D eigenvalue weighted by Crippen LogP contribution is -2.02.